The lowest BCUT2D eigenvalue weighted by Gasteiger charge is -2.31. The lowest BCUT2D eigenvalue weighted by Crippen LogP contribution is -2.44. The Bertz CT molecular complexity index is 644. The molecule has 5 heteroatoms. The van der Waals surface area contributed by atoms with Crippen LogP contribution < -0.4 is 5.73 Å². The number of benzene rings is 2. The lowest BCUT2D eigenvalue weighted by molar-refractivity contribution is -0.151. The van der Waals surface area contributed by atoms with Crippen LogP contribution in [0.5, 0.6) is 0 Å². The molecule has 0 radical (unpaired) electrons. The van der Waals surface area contributed by atoms with Crippen LogP contribution in [0, 0.1) is 5.41 Å². The van der Waals surface area contributed by atoms with Gasteiger partial charge in [-0.15, -0.1) is 0 Å². The zero-order chi connectivity index (χ0) is 17.6. The maximum Gasteiger partial charge on any atom is 0.320 e. The topological polar surface area (TPSA) is 101 Å². The molecule has 0 saturated carbocycles. The first-order valence-corrected chi connectivity index (χ1v) is 7.72. The molecule has 0 aliphatic heterocycles. The maximum absolute atomic E-state index is 12.1. The Hall–Kier alpha value is -2.66. The van der Waals surface area contributed by atoms with Gasteiger partial charge in [-0.05, 0) is 30.4 Å². The third kappa shape index (κ3) is 4.43. The smallest absolute Gasteiger partial charge is 0.320 e. The third-order valence-corrected chi connectivity index (χ3v) is 4.15. The Labute approximate surface area is 140 Å². The first-order valence-electron chi connectivity index (χ1n) is 7.72. The molecule has 1 unspecified atom stereocenters. The molecule has 0 bridgehead atoms. The number of hydrogen-bond acceptors (Lipinski definition) is 3. The molecule has 0 spiro atoms. The van der Waals surface area contributed by atoms with Crippen LogP contribution in [0.3, 0.4) is 0 Å². The second-order valence-electron chi connectivity index (χ2n) is 6.06. The van der Waals surface area contributed by atoms with E-state index in [1.165, 1.54) is 0 Å². The summed E-state index contributed by atoms with van der Waals surface area (Å²) >= 11 is 0. The molecule has 4 N–H and O–H groups in total. The molecule has 0 aliphatic carbocycles. The summed E-state index contributed by atoms with van der Waals surface area (Å²) in [7, 11) is 0. The van der Waals surface area contributed by atoms with Gasteiger partial charge in [0, 0.05) is 0 Å². The van der Waals surface area contributed by atoms with Gasteiger partial charge in [0.15, 0.2) is 0 Å². The predicted molar refractivity (Wildman–Crippen MR) is 90.6 cm³/mol. The van der Waals surface area contributed by atoms with Crippen molar-refractivity contribution in [3.63, 3.8) is 0 Å². The van der Waals surface area contributed by atoms with Crippen molar-refractivity contribution in [2.24, 2.45) is 11.1 Å². The van der Waals surface area contributed by atoms with Gasteiger partial charge in [0.05, 0.1) is 5.41 Å². The largest absolute Gasteiger partial charge is 0.481 e. The van der Waals surface area contributed by atoms with E-state index in [4.69, 9.17) is 10.8 Å². The van der Waals surface area contributed by atoms with E-state index in [2.05, 4.69) is 0 Å². The van der Waals surface area contributed by atoms with Crippen LogP contribution in [0.2, 0.25) is 0 Å². The van der Waals surface area contributed by atoms with Crippen molar-refractivity contribution in [3.05, 3.63) is 71.8 Å². The van der Waals surface area contributed by atoms with Crippen molar-refractivity contribution < 1.29 is 19.8 Å². The molecule has 0 fully saturated rings. The third-order valence-electron chi connectivity index (χ3n) is 4.15. The van der Waals surface area contributed by atoms with Gasteiger partial charge in [0.1, 0.15) is 6.04 Å². The van der Waals surface area contributed by atoms with E-state index in [1.54, 1.807) is 0 Å². The van der Waals surface area contributed by atoms with Crippen molar-refractivity contribution >= 4 is 11.9 Å². The zero-order valence-corrected chi connectivity index (χ0v) is 13.3. The number of carboxylic acids is 2. The molecule has 0 amide bonds. The van der Waals surface area contributed by atoms with Crippen LogP contribution in [-0.2, 0) is 22.4 Å². The molecule has 0 aromatic heterocycles. The fourth-order valence-electron chi connectivity index (χ4n) is 2.93. The number of rotatable bonds is 8. The summed E-state index contributed by atoms with van der Waals surface area (Å²) in [4.78, 5) is 23.3. The molecule has 0 aliphatic rings. The number of aliphatic carboxylic acids is 2. The van der Waals surface area contributed by atoms with E-state index in [1.807, 2.05) is 60.7 Å². The molecule has 0 saturated heterocycles. The fourth-order valence-corrected chi connectivity index (χ4v) is 2.93. The summed E-state index contributed by atoms with van der Waals surface area (Å²) in [6, 6.07) is 17.2. The van der Waals surface area contributed by atoms with Gasteiger partial charge >= 0.3 is 11.9 Å². The molecule has 5 nitrogen and oxygen atoms in total. The molecule has 1 atom stereocenters. The Morgan fingerprint density at radius 3 is 1.62 bits per heavy atom. The maximum atomic E-state index is 12.1. The normalized spacial score (nSPS) is 12.5. The van der Waals surface area contributed by atoms with E-state index in [-0.39, 0.29) is 19.3 Å². The molecule has 2 rings (SSSR count). The first kappa shape index (κ1) is 17.7. The summed E-state index contributed by atoms with van der Waals surface area (Å²) in [5.74, 6) is -2.23. The average Bonchev–Trinajstić information content (AvgIpc) is 2.56. The summed E-state index contributed by atoms with van der Waals surface area (Å²) in [5.41, 5.74) is 6.09. The average molecular weight is 327 g/mol. The van der Waals surface area contributed by atoms with E-state index < -0.39 is 23.4 Å². The van der Waals surface area contributed by atoms with Crippen molar-refractivity contribution in [1.29, 1.82) is 0 Å². The number of nitrogens with two attached hydrogens (primary N) is 1. The van der Waals surface area contributed by atoms with E-state index in [0.717, 1.165) is 11.1 Å². The molecule has 2 aromatic carbocycles. The van der Waals surface area contributed by atoms with Crippen LogP contribution in [0.25, 0.3) is 0 Å². The number of hydrogen-bond donors (Lipinski definition) is 3. The van der Waals surface area contributed by atoms with Gasteiger partial charge in [-0.1, -0.05) is 60.7 Å². The number of carbonyl (C=O) groups is 2. The summed E-state index contributed by atoms with van der Waals surface area (Å²) in [5, 5.41) is 19.1. The second-order valence-corrected chi connectivity index (χ2v) is 6.06. The molecular formula is C19H21NO4. The second kappa shape index (κ2) is 7.75. The minimum Gasteiger partial charge on any atom is -0.481 e. The van der Waals surface area contributed by atoms with Crippen molar-refractivity contribution in [2.75, 3.05) is 0 Å². The summed E-state index contributed by atoms with van der Waals surface area (Å²) < 4.78 is 0. The van der Waals surface area contributed by atoms with Gasteiger partial charge in [0.2, 0.25) is 0 Å². The Morgan fingerprint density at radius 2 is 1.29 bits per heavy atom. The van der Waals surface area contributed by atoms with Crippen LogP contribution in [-0.4, -0.2) is 28.2 Å². The lowest BCUT2D eigenvalue weighted by atomic mass is 9.72. The SMILES string of the molecule is NC(CC(Cc1ccccc1)(Cc1ccccc1)C(=O)O)C(=O)O. The van der Waals surface area contributed by atoms with Gasteiger partial charge in [-0.25, -0.2) is 0 Å². The van der Waals surface area contributed by atoms with Crippen LogP contribution in [0.4, 0.5) is 0 Å². The highest BCUT2D eigenvalue weighted by Crippen LogP contribution is 2.33. The summed E-state index contributed by atoms with van der Waals surface area (Å²) in [6.45, 7) is 0. The van der Waals surface area contributed by atoms with Gasteiger partial charge in [-0.2, -0.15) is 0 Å². The Morgan fingerprint density at radius 1 is 0.875 bits per heavy atom. The van der Waals surface area contributed by atoms with Crippen LogP contribution in [0.1, 0.15) is 17.5 Å². The Balaban J connectivity index is 2.39. The molecule has 24 heavy (non-hydrogen) atoms. The van der Waals surface area contributed by atoms with Crippen molar-refractivity contribution in [3.8, 4) is 0 Å². The van der Waals surface area contributed by atoms with Crippen LogP contribution in [0.15, 0.2) is 60.7 Å². The van der Waals surface area contributed by atoms with E-state index in [9.17, 15) is 14.7 Å². The van der Waals surface area contributed by atoms with Gasteiger partial charge in [-0.3, -0.25) is 9.59 Å². The first-order chi connectivity index (χ1) is 11.4. The monoisotopic (exact) mass is 327 g/mol. The molecule has 126 valence electrons. The molecule has 2 aromatic rings. The highest BCUT2D eigenvalue weighted by molar-refractivity contribution is 5.79. The standard InChI is InChI=1S/C19H21NO4/c20-16(17(21)22)13-19(18(23)24,11-14-7-3-1-4-8-14)12-15-9-5-2-6-10-15/h1-10,16H,11-13,20H2,(H,21,22)(H,23,24). The zero-order valence-electron chi connectivity index (χ0n) is 13.3. The van der Waals surface area contributed by atoms with E-state index >= 15 is 0 Å². The van der Waals surface area contributed by atoms with Crippen molar-refractivity contribution in [2.45, 2.75) is 25.3 Å². The Kier molecular flexibility index (Phi) is 5.71. The summed E-state index contributed by atoms with van der Waals surface area (Å²) in [6.07, 6.45) is 0.305. The quantitative estimate of drug-likeness (QED) is 0.691. The molecule has 0 heterocycles. The molecular weight excluding hydrogens is 306 g/mol. The fraction of sp³-hybridized carbons (Fsp3) is 0.263. The predicted octanol–water partition coefficient (Wildman–Crippen LogP) is 2.34. The minimum absolute atomic E-state index is 0.137. The van der Waals surface area contributed by atoms with E-state index in [0.29, 0.717) is 0 Å². The minimum atomic E-state index is -1.28. The van der Waals surface area contributed by atoms with Gasteiger partial charge in [0.25, 0.3) is 0 Å². The highest BCUT2D eigenvalue weighted by Gasteiger charge is 2.41. The van der Waals surface area contributed by atoms with Crippen LogP contribution >= 0.6 is 0 Å². The van der Waals surface area contributed by atoms with Gasteiger partial charge < -0.3 is 15.9 Å². The number of carboxylic acid groups (broad SMARTS) is 2. The van der Waals surface area contributed by atoms with Crippen molar-refractivity contribution in [1.82, 2.24) is 0 Å². The highest BCUT2D eigenvalue weighted by atomic mass is 16.4.